The average Bonchev–Trinajstić information content (AvgIpc) is 2.47. The Morgan fingerprint density at radius 1 is 1.23 bits per heavy atom. The molecule has 5 atom stereocenters. The van der Waals surface area contributed by atoms with E-state index in [1.54, 1.807) is 0 Å². The lowest BCUT2D eigenvalue weighted by atomic mass is 9.46. The summed E-state index contributed by atoms with van der Waals surface area (Å²) in [5, 5.41) is 10.3. The molecule has 0 spiro atoms. The third-order valence-electron chi connectivity index (χ3n) is 7.33. The minimum Gasteiger partial charge on any atom is -0.384 e. The normalized spacial score (nSPS) is 47.2. The van der Waals surface area contributed by atoms with Crippen LogP contribution in [0.5, 0.6) is 0 Å². The largest absolute Gasteiger partial charge is 0.384 e. The van der Waals surface area contributed by atoms with Crippen molar-refractivity contribution < 1.29 is 9.90 Å². The van der Waals surface area contributed by atoms with Gasteiger partial charge in [0.05, 0.1) is 0 Å². The molecule has 0 aliphatic heterocycles. The van der Waals surface area contributed by atoms with Crippen LogP contribution in [0, 0.1) is 28.1 Å². The van der Waals surface area contributed by atoms with Crippen molar-refractivity contribution in [1.82, 2.24) is 0 Å². The van der Waals surface area contributed by atoms with Crippen molar-refractivity contribution >= 4 is 5.78 Å². The Labute approximate surface area is 134 Å². The molecule has 5 unspecified atom stereocenters. The number of rotatable bonds is 1. The van der Waals surface area contributed by atoms with Crippen LogP contribution in [0.15, 0.2) is 24.3 Å². The molecule has 2 heteroatoms. The lowest BCUT2D eigenvalue weighted by Crippen LogP contribution is -2.53. The van der Waals surface area contributed by atoms with Crippen molar-refractivity contribution in [3.63, 3.8) is 0 Å². The van der Waals surface area contributed by atoms with Crippen LogP contribution in [-0.2, 0) is 4.79 Å². The van der Waals surface area contributed by atoms with Gasteiger partial charge in [-0.1, -0.05) is 39.3 Å². The van der Waals surface area contributed by atoms with Gasteiger partial charge in [0.1, 0.15) is 6.10 Å². The lowest BCUT2D eigenvalue weighted by molar-refractivity contribution is -0.134. The maximum absolute atomic E-state index is 12.3. The molecule has 0 aromatic carbocycles. The number of aliphatic hydroxyl groups excluding tert-OH is 1. The highest BCUT2D eigenvalue weighted by Gasteiger charge is 2.56. The molecule has 122 valence electrons. The first-order valence-corrected chi connectivity index (χ1v) is 8.72. The van der Waals surface area contributed by atoms with Gasteiger partial charge in [0.25, 0.3) is 0 Å². The molecular formula is C20H30O2. The molecule has 0 aromatic heterocycles. The summed E-state index contributed by atoms with van der Waals surface area (Å²) in [4.78, 5) is 12.3. The van der Waals surface area contributed by atoms with Crippen molar-refractivity contribution in [2.45, 2.75) is 65.9 Å². The van der Waals surface area contributed by atoms with Crippen LogP contribution >= 0.6 is 0 Å². The van der Waals surface area contributed by atoms with Gasteiger partial charge in [-0.2, -0.15) is 0 Å². The minimum atomic E-state index is -0.844. The van der Waals surface area contributed by atoms with Gasteiger partial charge in [-0.25, -0.2) is 0 Å². The zero-order valence-corrected chi connectivity index (χ0v) is 14.5. The summed E-state index contributed by atoms with van der Waals surface area (Å²) >= 11 is 0. The van der Waals surface area contributed by atoms with Crippen molar-refractivity contribution in [3.8, 4) is 0 Å². The van der Waals surface area contributed by atoms with Crippen molar-refractivity contribution in [1.29, 1.82) is 0 Å². The maximum atomic E-state index is 12.3. The van der Waals surface area contributed by atoms with Gasteiger partial charge < -0.3 is 5.11 Å². The molecular weight excluding hydrogens is 272 g/mol. The predicted molar refractivity (Wildman–Crippen MR) is 89.4 cm³/mol. The second-order valence-electron chi connectivity index (χ2n) is 9.03. The van der Waals surface area contributed by atoms with Gasteiger partial charge in [0, 0.05) is 5.41 Å². The van der Waals surface area contributed by atoms with E-state index >= 15 is 0 Å². The number of allylic oxidation sites excluding steroid dienone is 2. The van der Waals surface area contributed by atoms with Crippen LogP contribution in [0.1, 0.15) is 59.8 Å². The smallest absolute Gasteiger partial charge is 0.184 e. The number of aliphatic hydroxyl groups is 1. The molecule has 1 N–H and O–H groups in total. The monoisotopic (exact) mass is 302 g/mol. The number of ketones is 1. The van der Waals surface area contributed by atoms with Gasteiger partial charge >= 0.3 is 0 Å². The fourth-order valence-corrected chi connectivity index (χ4v) is 5.37. The predicted octanol–water partition coefficient (Wildman–Crippen LogP) is 4.29. The Balaban J connectivity index is 2.01. The highest BCUT2D eigenvalue weighted by molar-refractivity contribution is 5.96. The van der Waals surface area contributed by atoms with Gasteiger partial charge in [-0.05, 0) is 60.8 Å². The molecule has 0 bridgehead atoms. The van der Waals surface area contributed by atoms with Gasteiger partial charge in [0.15, 0.2) is 5.78 Å². The lowest BCUT2D eigenvalue weighted by Gasteiger charge is -2.58. The second-order valence-corrected chi connectivity index (χ2v) is 9.03. The number of carbonyl (C=O) groups excluding carboxylic acids is 1. The fourth-order valence-electron chi connectivity index (χ4n) is 5.37. The number of carbonyl (C=O) groups is 1. The first-order chi connectivity index (χ1) is 10.1. The average molecular weight is 302 g/mol. The number of hydrogen-bond donors (Lipinski definition) is 1. The van der Waals surface area contributed by atoms with Gasteiger partial charge in [-0.3, -0.25) is 4.79 Å². The Morgan fingerprint density at radius 3 is 2.55 bits per heavy atom. The number of fused-ring (bicyclic) bond motifs is 3. The van der Waals surface area contributed by atoms with E-state index < -0.39 is 6.10 Å². The molecule has 22 heavy (non-hydrogen) atoms. The van der Waals surface area contributed by atoms with Crippen LogP contribution in [0.3, 0.4) is 0 Å². The maximum Gasteiger partial charge on any atom is 0.184 e. The van der Waals surface area contributed by atoms with Crippen molar-refractivity contribution in [3.05, 3.63) is 24.3 Å². The fraction of sp³-hybridized carbons (Fsp3) is 0.750. The van der Waals surface area contributed by atoms with Gasteiger partial charge in [0.2, 0.25) is 0 Å². The van der Waals surface area contributed by atoms with E-state index in [-0.39, 0.29) is 22.0 Å². The van der Waals surface area contributed by atoms with E-state index in [4.69, 9.17) is 0 Å². The summed E-state index contributed by atoms with van der Waals surface area (Å²) in [6, 6.07) is 0. The van der Waals surface area contributed by atoms with Crippen molar-refractivity contribution in [2.24, 2.45) is 28.1 Å². The summed E-state index contributed by atoms with van der Waals surface area (Å²) in [6.07, 6.45) is 8.84. The standard InChI is InChI=1S/C20H30O2/c1-6-19(4)9-10-20(5)13(12-19)7-8-14-15(20)11-16(21)17(22)18(14,2)3/h6,11,13-14,17,22H,1,7-10,12H2,2-5H3. The Hall–Kier alpha value is -0.890. The topological polar surface area (TPSA) is 37.3 Å². The van der Waals surface area contributed by atoms with Crippen molar-refractivity contribution in [2.75, 3.05) is 0 Å². The summed E-state index contributed by atoms with van der Waals surface area (Å²) in [6.45, 7) is 12.8. The highest BCUT2D eigenvalue weighted by atomic mass is 16.3. The SMILES string of the molecule is C=CC1(C)CCC2(C)C3=CC(=O)C(O)C(C)(C)C3CCC2C1. The zero-order valence-electron chi connectivity index (χ0n) is 14.5. The third kappa shape index (κ3) is 2.06. The van der Waals surface area contributed by atoms with E-state index in [0.717, 1.165) is 19.3 Å². The van der Waals surface area contributed by atoms with Crippen LogP contribution in [0.25, 0.3) is 0 Å². The molecule has 3 aliphatic carbocycles. The Kier molecular flexibility index (Phi) is 3.49. The third-order valence-corrected chi connectivity index (χ3v) is 7.33. The minimum absolute atomic E-state index is 0.0878. The second kappa shape index (κ2) is 4.80. The molecule has 2 saturated carbocycles. The van der Waals surface area contributed by atoms with E-state index in [1.165, 1.54) is 18.4 Å². The molecule has 2 nitrogen and oxygen atoms in total. The summed E-state index contributed by atoms with van der Waals surface area (Å²) < 4.78 is 0. The van der Waals surface area contributed by atoms with Gasteiger partial charge in [-0.15, -0.1) is 6.58 Å². The van der Waals surface area contributed by atoms with Crippen LogP contribution in [0.4, 0.5) is 0 Å². The summed E-state index contributed by atoms with van der Waals surface area (Å²) in [7, 11) is 0. The van der Waals surface area contributed by atoms with E-state index in [9.17, 15) is 9.90 Å². The van der Waals surface area contributed by atoms with Crippen LogP contribution < -0.4 is 0 Å². The summed E-state index contributed by atoms with van der Waals surface area (Å²) in [5.74, 6) is 0.885. The quantitative estimate of drug-likeness (QED) is 0.734. The highest BCUT2D eigenvalue weighted by Crippen LogP contribution is 2.63. The molecule has 0 radical (unpaired) electrons. The van der Waals surface area contributed by atoms with Crippen LogP contribution in [0.2, 0.25) is 0 Å². The van der Waals surface area contributed by atoms with Crippen LogP contribution in [-0.4, -0.2) is 17.0 Å². The Morgan fingerprint density at radius 2 is 1.91 bits per heavy atom. The Bertz CT molecular complexity index is 544. The zero-order chi connectivity index (χ0) is 16.3. The first-order valence-electron chi connectivity index (χ1n) is 8.72. The van der Waals surface area contributed by atoms with E-state index in [0.29, 0.717) is 11.8 Å². The van der Waals surface area contributed by atoms with E-state index in [2.05, 4.69) is 40.3 Å². The molecule has 2 fully saturated rings. The van der Waals surface area contributed by atoms with E-state index in [1.807, 2.05) is 6.08 Å². The molecule has 0 aromatic rings. The molecule has 3 rings (SSSR count). The summed E-state index contributed by atoms with van der Waals surface area (Å²) in [5.41, 5.74) is 1.35. The number of hydrogen-bond acceptors (Lipinski definition) is 2. The molecule has 0 heterocycles. The molecule has 0 saturated heterocycles. The molecule has 3 aliphatic rings. The first kappa shape index (κ1) is 16.0. The molecule has 0 amide bonds.